The van der Waals surface area contributed by atoms with E-state index in [9.17, 15) is 19.7 Å². The van der Waals surface area contributed by atoms with Gasteiger partial charge in [-0.3, -0.25) is 10.1 Å². The number of nitro benzene ring substituents is 1. The standard InChI is InChI=1S/C22H28N2O9/c1-4-33-22(27)20-17(13-32-11-10-31-9-8-25)23-14(2)18(21(26)30-3)19(20)15-6-5-7-16(12-15)24(28)29/h5-7,12,19,23,25H,4,8-11,13H2,1-3H3. The Morgan fingerprint density at radius 3 is 2.52 bits per heavy atom. The lowest BCUT2D eigenvalue weighted by Crippen LogP contribution is -2.34. The lowest BCUT2D eigenvalue weighted by Gasteiger charge is -2.31. The highest BCUT2D eigenvalue weighted by molar-refractivity contribution is 6.00. The minimum absolute atomic E-state index is 0.0339. The molecule has 0 spiro atoms. The summed E-state index contributed by atoms with van der Waals surface area (Å²) in [5.74, 6) is -2.34. The van der Waals surface area contributed by atoms with Crippen molar-refractivity contribution in [3.63, 3.8) is 0 Å². The number of aliphatic hydroxyl groups is 1. The number of methoxy groups -OCH3 is 1. The van der Waals surface area contributed by atoms with Gasteiger partial charge in [-0.05, 0) is 19.4 Å². The molecule has 1 aliphatic heterocycles. The minimum atomic E-state index is -0.970. The molecule has 1 aromatic rings. The number of nitrogens with one attached hydrogen (secondary N) is 1. The number of nitrogens with zero attached hydrogens (tertiary/aromatic N) is 1. The summed E-state index contributed by atoms with van der Waals surface area (Å²) >= 11 is 0. The predicted octanol–water partition coefficient (Wildman–Crippen LogP) is 1.57. The Bertz CT molecular complexity index is 940. The highest BCUT2D eigenvalue weighted by atomic mass is 16.6. The molecule has 33 heavy (non-hydrogen) atoms. The largest absolute Gasteiger partial charge is 0.466 e. The Hall–Kier alpha value is -3.28. The first-order valence-electron chi connectivity index (χ1n) is 10.3. The molecule has 1 atom stereocenters. The number of nitro groups is 1. The Morgan fingerprint density at radius 1 is 1.15 bits per heavy atom. The molecule has 1 aliphatic rings. The number of hydrogen-bond donors (Lipinski definition) is 2. The van der Waals surface area contributed by atoms with Gasteiger partial charge in [-0.2, -0.15) is 0 Å². The second-order valence-electron chi connectivity index (χ2n) is 6.94. The molecule has 11 nitrogen and oxygen atoms in total. The number of ether oxygens (including phenoxy) is 4. The maximum Gasteiger partial charge on any atom is 0.336 e. The van der Waals surface area contributed by atoms with Crippen LogP contribution >= 0.6 is 0 Å². The van der Waals surface area contributed by atoms with Gasteiger partial charge in [-0.15, -0.1) is 0 Å². The van der Waals surface area contributed by atoms with Gasteiger partial charge in [-0.25, -0.2) is 9.59 Å². The molecule has 0 aliphatic carbocycles. The molecule has 0 amide bonds. The normalized spacial score (nSPS) is 15.8. The summed E-state index contributed by atoms with van der Waals surface area (Å²) in [4.78, 5) is 36.5. The van der Waals surface area contributed by atoms with Crippen LogP contribution in [0.3, 0.4) is 0 Å². The van der Waals surface area contributed by atoms with Gasteiger partial charge in [0.05, 0.1) is 74.4 Å². The van der Waals surface area contributed by atoms with Crippen LogP contribution < -0.4 is 5.32 Å². The highest BCUT2D eigenvalue weighted by Gasteiger charge is 2.39. The van der Waals surface area contributed by atoms with Crippen molar-refractivity contribution >= 4 is 17.6 Å². The zero-order valence-corrected chi connectivity index (χ0v) is 18.8. The topological polar surface area (TPSA) is 146 Å². The van der Waals surface area contributed by atoms with Crippen molar-refractivity contribution in [3.8, 4) is 0 Å². The number of hydrogen-bond acceptors (Lipinski definition) is 10. The van der Waals surface area contributed by atoms with Gasteiger partial charge in [0.1, 0.15) is 0 Å². The number of allylic oxidation sites excluding steroid dienone is 1. The van der Waals surface area contributed by atoms with Gasteiger partial charge < -0.3 is 29.4 Å². The Balaban J connectivity index is 2.53. The lowest BCUT2D eigenvalue weighted by molar-refractivity contribution is -0.384. The van der Waals surface area contributed by atoms with Crippen LogP contribution in [0.25, 0.3) is 0 Å². The van der Waals surface area contributed by atoms with Crippen molar-refractivity contribution in [1.82, 2.24) is 5.32 Å². The number of non-ortho nitro benzene ring substituents is 1. The third kappa shape index (κ3) is 6.60. The first-order valence-corrected chi connectivity index (χ1v) is 10.3. The van der Waals surface area contributed by atoms with Crippen molar-refractivity contribution in [2.75, 3.05) is 46.8 Å². The molecular formula is C22H28N2O9. The summed E-state index contributed by atoms with van der Waals surface area (Å²) in [6.45, 7) is 3.84. The lowest BCUT2D eigenvalue weighted by atomic mass is 9.80. The number of esters is 2. The van der Waals surface area contributed by atoms with Crippen molar-refractivity contribution in [2.45, 2.75) is 19.8 Å². The van der Waals surface area contributed by atoms with Gasteiger partial charge in [-0.1, -0.05) is 12.1 Å². The van der Waals surface area contributed by atoms with Crippen LogP contribution in [0.1, 0.15) is 25.3 Å². The molecule has 11 heteroatoms. The van der Waals surface area contributed by atoms with E-state index in [2.05, 4.69) is 5.32 Å². The van der Waals surface area contributed by atoms with Crippen molar-refractivity contribution < 1.29 is 38.6 Å². The average molecular weight is 464 g/mol. The van der Waals surface area contributed by atoms with E-state index < -0.39 is 22.8 Å². The number of carbonyl (C=O) groups is 2. The van der Waals surface area contributed by atoms with E-state index in [1.807, 2.05) is 0 Å². The highest BCUT2D eigenvalue weighted by Crippen LogP contribution is 2.40. The fourth-order valence-corrected chi connectivity index (χ4v) is 3.45. The fraction of sp³-hybridized carbons (Fsp3) is 0.455. The van der Waals surface area contributed by atoms with E-state index in [1.165, 1.54) is 25.3 Å². The van der Waals surface area contributed by atoms with Crippen LogP contribution in [0, 0.1) is 10.1 Å². The molecule has 0 saturated heterocycles. The minimum Gasteiger partial charge on any atom is -0.466 e. The zero-order chi connectivity index (χ0) is 24.4. The third-order valence-corrected chi connectivity index (χ3v) is 4.81. The van der Waals surface area contributed by atoms with Crippen LogP contribution in [0.4, 0.5) is 5.69 Å². The number of carbonyl (C=O) groups excluding carboxylic acids is 2. The molecule has 180 valence electrons. The molecule has 1 aromatic carbocycles. The number of dihydropyridines is 1. The molecule has 0 aromatic heterocycles. The second kappa shape index (κ2) is 12.7. The van der Waals surface area contributed by atoms with Crippen molar-refractivity contribution in [3.05, 3.63) is 62.5 Å². The molecule has 0 bridgehead atoms. The van der Waals surface area contributed by atoms with Gasteiger partial charge >= 0.3 is 11.9 Å². The van der Waals surface area contributed by atoms with Crippen molar-refractivity contribution in [2.24, 2.45) is 0 Å². The molecular weight excluding hydrogens is 436 g/mol. The Morgan fingerprint density at radius 2 is 1.88 bits per heavy atom. The first kappa shape index (κ1) is 26.0. The quantitative estimate of drug-likeness (QED) is 0.202. The maximum absolute atomic E-state index is 13.0. The van der Waals surface area contributed by atoms with E-state index in [-0.39, 0.29) is 56.5 Å². The molecule has 2 N–H and O–H groups in total. The SMILES string of the molecule is CCOC(=O)C1=C(COCCOCCO)NC(C)=C(C(=O)OC)C1c1cccc([N+](=O)[O-])c1. The zero-order valence-electron chi connectivity index (χ0n) is 18.8. The van der Waals surface area contributed by atoms with Gasteiger partial charge in [0.15, 0.2) is 0 Å². The maximum atomic E-state index is 13.0. The molecule has 2 rings (SSSR count). The Labute approximate surface area is 191 Å². The number of benzene rings is 1. The summed E-state index contributed by atoms with van der Waals surface area (Å²) in [7, 11) is 1.21. The van der Waals surface area contributed by atoms with E-state index in [0.29, 0.717) is 17.0 Å². The number of rotatable bonds is 12. The summed E-state index contributed by atoms with van der Waals surface area (Å²) in [5, 5.41) is 23.1. The van der Waals surface area contributed by atoms with Gasteiger partial charge in [0.25, 0.3) is 5.69 Å². The smallest absolute Gasteiger partial charge is 0.336 e. The van der Waals surface area contributed by atoms with Crippen LogP contribution in [0.2, 0.25) is 0 Å². The Kier molecular flexibility index (Phi) is 9.98. The molecule has 1 unspecified atom stereocenters. The fourth-order valence-electron chi connectivity index (χ4n) is 3.45. The van der Waals surface area contributed by atoms with Crippen molar-refractivity contribution in [1.29, 1.82) is 0 Å². The van der Waals surface area contributed by atoms with E-state index in [1.54, 1.807) is 19.9 Å². The summed E-state index contributed by atoms with van der Waals surface area (Å²) in [5.41, 5.74) is 1.18. The van der Waals surface area contributed by atoms with E-state index >= 15 is 0 Å². The van der Waals surface area contributed by atoms with Gasteiger partial charge in [0.2, 0.25) is 0 Å². The molecule has 0 radical (unpaired) electrons. The van der Waals surface area contributed by atoms with Gasteiger partial charge in [0, 0.05) is 17.8 Å². The van der Waals surface area contributed by atoms with Crippen LogP contribution in [-0.4, -0.2) is 68.7 Å². The van der Waals surface area contributed by atoms with E-state index in [0.717, 1.165) is 0 Å². The number of aliphatic hydroxyl groups excluding tert-OH is 1. The third-order valence-electron chi connectivity index (χ3n) is 4.81. The average Bonchev–Trinajstić information content (AvgIpc) is 2.80. The summed E-state index contributed by atoms with van der Waals surface area (Å²) in [6, 6.07) is 5.71. The van der Waals surface area contributed by atoms with Crippen LogP contribution in [0.5, 0.6) is 0 Å². The molecule has 0 saturated carbocycles. The monoisotopic (exact) mass is 464 g/mol. The van der Waals surface area contributed by atoms with E-state index in [4.69, 9.17) is 24.1 Å². The molecule has 1 heterocycles. The second-order valence-corrected chi connectivity index (χ2v) is 6.94. The first-order chi connectivity index (χ1) is 15.8. The summed E-state index contributed by atoms with van der Waals surface area (Å²) < 4.78 is 21.0. The van der Waals surface area contributed by atoms with Crippen LogP contribution in [0.15, 0.2) is 46.8 Å². The molecule has 0 fully saturated rings. The predicted molar refractivity (Wildman–Crippen MR) is 116 cm³/mol. The van der Waals surface area contributed by atoms with Crippen LogP contribution in [-0.2, 0) is 28.5 Å². The summed E-state index contributed by atoms with van der Waals surface area (Å²) in [6.07, 6.45) is 0.